The number of hydrogen-bond donors (Lipinski definition) is 0. The molecule has 0 radical (unpaired) electrons. The molecule has 4 heteroatoms. The molecule has 102 valence electrons. The molecule has 1 aromatic heterocycles. The molecular weight excluding hydrogens is 319 g/mol. The maximum Gasteiger partial charge on any atom is 0.148 e. The number of aromatic nitrogens is 2. The van der Waals surface area contributed by atoms with Gasteiger partial charge in [0.2, 0.25) is 0 Å². The Labute approximate surface area is 125 Å². The average molecular weight is 333 g/mol. The van der Waals surface area contributed by atoms with E-state index in [0.717, 1.165) is 0 Å². The van der Waals surface area contributed by atoms with Crippen molar-refractivity contribution in [3.8, 4) is 0 Å². The molecule has 0 N–H and O–H groups in total. The highest BCUT2D eigenvalue weighted by Gasteiger charge is 2.09. The van der Waals surface area contributed by atoms with Crippen molar-refractivity contribution < 1.29 is 4.39 Å². The molecule has 0 bridgehead atoms. The van der Waals surface area contributed by atoms with Crippen LogP contribution < -0.4 is 0 Å². The van der Waals surface area contributed by atoms with E-state index in [-0.39, 0.29) is 5.82 Å². The number of benzene rings is 2. The number of fused-ring (bicyclic) bond motifs is 1. The van der Waals surface area contributed by atoms with Gasteiger partial charge in [-0.3, -0.25) is 4.68 Å². The highest BCUT2D eigenvalue weighted by Crippen LogP contribution is 2.24. The number of rotatable bonds is 2. The second-order valence-electron chi connectivity index (χ2n) is 5.12. The Bertz CT molecular complexity index is 772. The molecule has 20 heavy (non-hydrogen) atoms. The van der Waals surface area contributed by atoms with Crippen LogP contribution in [0.25, 0.3) is 10.9 Å². The molecule has 2 aromatic carbocycles. The summed E-state index contributed by atoms with van der Waals surface area (Å²) in [5.74, 6) is -0.255. The Morgan fingerprint density at radius 3 is 2.55 bits per heavy atom. The van der Waals surface area contributed by atoms with Crippen molar-refractivity contribution in [2.75, 3.05) is 0 Å². The first-order valence-electron chi connectivity index (χ1n) is 6.41. The number of halogens is 2. The van der Waals surface area contributed by atoms with Gasteiger partial charge in [-0.2, -0.15) is 5.10 Å². The van der Waals surface area contributed by atoms with Crippen LogP contribution in [-0.4, -0.2) is 9.78 Å². The summed E-state index contributed by atoms with van der Waals surface area (Å²) in [5, 5.41) is 4.97. The molecule has 0 aliphatic rings. The van der Waals surface area contributed by atoms with E-state index < -0.39 is 0 Å². The summed E-state index contributed by atoms with van der Waals surface area (Å²) in [4.78, 5) is 0. The maximum atomic E-state index is 14.0. The number of nitrogens with zero attached hydrogens (tertiary/aromatic N) is 2. The fraction of sp³-hybridized carbons (Fsp3) is 0.188. The van der Waals surface area contributed by atoms with Crippen LogP contribution in [0.2, 0.25) is 0 Å². The molecule has 0 amide bonds. The third-order valence-electron chi connectivity index (χ3n) is 3.25. The Morgan fingerprint density at radius 2 is 1.85 bits per heavy atom. The second-order valence-corrected chi connectivity index (χ2v) is 5.97. The molecule has 0 aliphatic carbocycles. The molecule has 0 spiro atoms. The fourth-order valence-corrected chi connectivity index (χ4v) is 2.86. The largest absolute Gasteiger partial charge is 0.267 e. The molecule has 0 saturated heterocycles. The zero-order chi connectivity index (χ0) is 14.3. The van der Waals surface area contributed by atoms with E-state index in [1.54, 1.807) is 16.9 Å². The normalized spacial score (nSPS) is 11.2. The van der Waals surface area contributed by atoms with Gasteiger partial charge < -0.3 is 0 Å². The van der Waals surface area contributed by atoms with Crippen LogP contribution >= 0.6 is 15.9 Å². The first-order valence-corrected chi connectivity index (χ1v) is 7.20. The molecule has 0 saturated carbocycles. The summed E-state index contributed by atoms with van der Waals surface area (Å²) in [6.07, 6.45) is 1.76. The van der Waals surface area contributed by atoms with Gasteiger partial charge in [-0.1, -0.05) is 29.3 Å². The Morgan fingerprint density at radius 1 is 1.15 bits per heavy atom. The highest BCUT2D eigenvalue weighted by atomic mass is 79.9. The van der Waals surface area contributed by atoms with Crippen LogP contribution in [0.5, 0.6) is 0 Å². The molecule has 2 nitrogen and oxygen atoms in total. The molecule has 0 aliphatic heterocycles. The van der Waals surface area contributed by atoms with E-state index in [0.29, 0.717) is 21.9 Å². The SMILES string of the molecule is Cc1cc(C)cc(Cn2cc3c(F)c(Br)ccc3n2)c1. The lowest BCUT2D eigenvalue weighted by molar-refractivity contribution is 0.632. The topological polar surface area (TPSA) is 17.8 Å². The third kappa shape index (κ3) is 2.48. The van der Waals surface area contributed by atoms with Gasteiger partial charge in [0, 0.05) is 6.20 Å². The van der Waals surface area contributed by atoms with Crippen molar-refractivity contribution in [1.82, 2.24) is 9.78 Å². The summed E-state index contributed by atoms with van der Waals surface area (Å²) >= 11 is 3.20. The minimum atomic E-state index is -0.255. The van der Waals surface area contributed by atoms with Crippen molar-refractivity contribution in [3.05, 3.63) is 63.5 Å². The average Bonchev–Trinajstić information content (AvgIpc) is 2.76. The second kappa shape index (κ2) is 5.02. The quantitative estimate of drug-likeness (QED) is 0.670. The molecule has 3 rings (SSSR count). The lowest BCUT2D eigenvalue weighted by atomic mass is 10.1. The summed E-state index contributed by atoms with van der Waals surface area (Å²) < 4.78 is 16.2. The van der Waals surface area contributed by atoms with Crippen LogP contribution in [0, 0.1) is 19.7 Å². The molecule has 0 fully saturated rings. The van der Waals surface area contributed by atoms with Gasteiger partial charge in [-0.05, 0) is 47.5 Å². The van der Waals surface area contributed by atoms with Crippen molar-refractivity contribution in [3.63, 3.8) is 0 Å². The van der Waals surface area contributed by atoms with Crippen LogP contribution in [0.15, 0.2) is 41.0 Å². The van der Waals surface area contributed by atoms with Crippen LogP contribution in [-0.2, 0) is 6.54 Å². The van der Waals surface area contributed by atoms with Gasteiger partial charge in [0.15, 0.2) is 0 Å². The first-order chi connectivity index (χ1) is 9.52. The van der Waals surface area contributed by atoms with E-state index in [2.05, 4.69) is 53.1 Å². The number of hydrogen-bond acceptors (Lipinski definition) is 1. The minimum Gasteiger partial charge on any atom is -0.267 e. The predicted molar refractivity (Wildman–Crippen MR) is 82.4 cm³/mol. The smallest absolute Gasteiger partial charge is 0.148 e. The van der Waals surface area contributed by atoms with E-state index in [1.807, 2.05) is 6.07 Å². The monoisotopic (exact) mass is 332 g/mol. The van der Waals surface area contributed by atoms with Gasteiger partial charge in [0.1, 0.15) is 5.82 Å². The number of aryl methyl sites for hydroxylation is 2. The van der Waals surface area contributed by atoms with Gasteiger partial charge in [0.25, 0.3) is 0 Å². The third-order valence-corrected chi connectivity index (χ3v) is 3.86. The zero-order valence-corrected chi connectivity index (χ0v) is 12.9. The van der Waals surface area contributed by atoms with Crippen LogP contribution in [0.4, 0.5) is 4.39 Å². The molecule has 1 heterocycles. The predicted octanol–water partition coefficient (Wildman–Crippen LogP) is 4.60. The molecule has 0 unspecified atom stereocenters. The molecule has 3 aromatic rings. The molecular formula is C16H14BrFN2. The Kier molecular flexibility index (Phi) is 3.34. The van der Waals surface area contributed by atoms with Crippen LogP contribution in [0.3, 0.4) is 0 Å². The summed E-state index contributed by atoms with van der Waals surface area (Å²) in [5.41, 5.74) is 4.31. The minimum absolute atomic E-state index is 0.255. The Balaban J connectivity index is 2.01. The maximum absolute atomic E-state index is 14.0. The first kappa shape index (κ1) is 13.3. The van der Waals surface area contributed by atoms with E-state index in [9.17, 15) is 4.39 Å². The standard InChI is InChI=1S/C16H14BrFN2/c1-10-5-11(2)7-12(6-10)8-20-9-13-15(19-20)4-3-14(17)16(13)18/h3-7,9H,8H2,1-2H3. The van der Waals surface area contributed by atoms with E-state index in [4.69, 9.17) is 0 Å². The van der Waals surface area contributed by atoms with E-state index in [1.165, 1.54) is 16.7 Å². The summed E-state index contributed by atoms with van der Waals surface area (Å²) in [6, 6.07) is 9.91. The van der Waals surface area contributed by atoms with Crippen LogP contribution in [0.1, 0.15) is 16.7 Å². The summed E-state index contributed by atoms with van der Waals surface area (Å²) in [7, 11) is 0. The van der Waals surface area contributed by atoms with Gasteiger partial charge in [-0.15, -0.1) is 0 Å². The lowest BCUT2D eigenvalue weighted by Gasteiger charge is -2.05. The van der Waals surface area contributed by atoms with Crippen molar-refractivity contribution in [1.29, 1.82) is 0 Å². The van der Waals surface area contributed by atoms with Gasteiger partial charge >= 0.3 is 0 Å². The Hall–Kier alpha value is -1.68. The zero-order valence-electron chi connectivity index (χ0n) is 11.3. The lowest BCUT2D eigenvalue weighted by Crippen LogP contribution is -2.00. The highest BCUT2D eigenvalue weighted by molar-refractivity contribution is 9.10. The van der Waals surface area contributed by atoms with Gasteiger partial charge in [-0.25, -0.2) is 4.39 Å². The summed E-state index contributed by atoms with van der Waals surface area (Å²) in [6.45, 7) is 4.80. The van der Waals surface area contributed by atoms with Crippen molar-refractivity contribution in [2.45, 2.75) is 20.4 Å². The van der Waals surface area contributed by atoms with Gasteiger partial charge in [0.05, 0.1) is 21.9 Å². The van der Waals surface area contributed by atoms with E-state index >= 15 is 0 Å². The van der Waals surface area contributed by atoms with Crippen molar-refractivity contribution in [2.24, 2.45) is 0 Å². The fourth-order valence-electron chi connectivity index (χ4n) is 2.51. The molecule has 0 atom stereocenters. The van der Waals surface area contributed by atoms with Crippen molar-refractivity contribution >= 4 is 26.8 Å².